The van der Waals surface area contributed by atoms with Gasteiger partial charge in [0.25, 0.3) is 0 Å². The number of aromatic amines is 1. The lowest BCUT2D eigenvalue weighted by Crippen LogP contribution is -2.00. The van der Waals surface area contributed by atoms with Crippen LogP contribution >= 0.6 is 15.9 Å². The lowest BCUT2D eigenvalue weighted by Gasteiger charge is -1.98. The summed E-state index contributed by atoms with van der Waals surface area (Å²) < 4.78 is 1.03. The van der Waals surface area contributed by atoms with Gasteiger partial charge in [-0.05, 0) is 17.7 Å². The molecule has 88 valence electrons. The number of nitrogens with one attached hydrogen (secondary N) is 1. The molecule has 0 saturated carbocycles. The third-order valence-electron chi connectivity index (χ3n) is 2.31. The summed E-state index contributed by atoms with van der Waals surface area (Å²) in [7, 11) is 0. The number of nitrogens with zero attached hydrogens (tertiary/aromatic N) is 1. The minimum Gasteiger partial charge on any atom is -0.481 e. The van der Waals surface area contributed by atoms with Crippen molar-refractivity contribution in [3.63, 3.8) is 0 Å². The maximum Gasteiger partial charge on any atom is 0.309 e. The highest BCUT2D eigenvalue weighted by Gasteiger charge is 2.05. The first kappa shape index (κ1) is 11.9. The zero-order valence-electron chi connectivity index (χ0n) is 8.98. The molecule has 4 nitrogen and oxygen atoms in total. The van der Waals surface area contributed by atoms with E-state index in [9.17, 15) is 4.79 Å². The van der Waals surface area contributed by atoms with Crippen molar-refractivity contribution in [2.45, 2.75) is 12.8 Å². The van der Waals surface area contributed by atoms with Crippen LogP contribution in [0.1, 0.15) is 17.1 Å². The van der Waals surface area contributed by atoms with E-state index in [0.29, 0.717) is 12.1 Å². The number of H-pyrrole nitrogens is 1. The van der Waals surface area contributed by atoms with Gasteiger partial charge in [0.1, 0.15) is 5.82 Å². The smallest absolute Gasteiger partial charge is 0.309 e. The Morgan fingerprint density at radius 2 is 2.06 bits per heavy atom. The highest BCUT2D eigenvalue weighted by atomic mass is 79.9. The molecule has 0 aliphatic heterocycles. The molecule has 1 heterocycles. The van der Waals surface area contributed by atoms with Crippen molar-refractivity contribution in [3.8, 4) is 0 Å². The highest BCUT2D eigenvalue weighted by molar-refractivity contribution is 9.10. The molecular formula is C12H11BrN2O2. The fourth-order valence-electron chi connectivity index (χ4n) is 1.54. The Morgan fingerprint density at radius 1 is 1.35 bits per heavy atom. The minimum absolute atomic E-state index is 0.0205. The van der Waals surface area contributed by atoms with E-state index in [-0.39, 0.29) is 6.42 Å². The number of rotatable bonds is 4. The molecule has 0 aliphatic rings. The van der Waals surface area contributed by atoms with E-state index < -0.39 is 5.97 Å². The zero-order valence-corrected chi connectivity index (χ0v) is 10.6. The van der Waals surface area contributed by atoms with Gasteiger partial charge < -0.3 is 10.1 Å². The van der Waals surface area contributed by atoms with Crippen LogP contribution in [0.4, 0.5) is 0 Å². The van der Waals surface area contributed by atoms with Crippen molar-refractivity contribution in [1.82, 2.24) is 9.97 Å². The summed E-state index contributed by atoms with van der Waals surface area (Å²) in [5.74, 6) is -0.0765. The van der Waals surface area contributed by atoms with Gasteiger partial charge in [-0.25, -0.2) is 4.98 Å². The Bertz CT molecular complexity index is 520. The number of carbonyl (C=O) groups is 1. The molecule has 0 unspecified atom stereocenters. The minimum atomic E-state index is -0.858. The molecule has 0 atom stereocenters. The quantitative estimate of drug-likeness (QED) is 0.910. The number of aromatic nitrogens is 2. The van der Waals surface area contributed by atoms with E-state index in [0.717, 1.165) is 15.9 Å². The molecule has 0 spiro atoms. The van der Waals surface area contributed by atoms with Gasteiger partial charge in [0, 0.05) is 22.8 Å². The second kappa shape index (κ2) is 5.14. The van der Waals surface area contributed by atoms with Crippen LogP contribution in [0.3, 0.4) is 0 Å². The van der Waals surface area contributed by atoms with Crippen LogP contribution in [0.5, 0.6) is 0 Å². The predicted octanol–water partition coefficient (Wildman–Crippen LogP) is 2.39. The van der Waals surface area contributed by atoms with Crippen molar-refractivity contribution in [2.75, 3.05) is 0 Å². The molecule has 2 aromatic rings. The number of carboxylic acid groups (broad SMARTS) is 1. The molecule has 0 fully saturated rings. The molecule has 1 aromatic carbocycles. The van der Waals surface area contributed by atoms with Gasteiger partial charge in [-0.3, -0.25) is 4.79 Å². The first-order valence-electron chi connectivity index (χ1n) is 5.12. The summed E-state index contributed by atoms with van der Waals surface area (Å²) in [5, 5.41) is 8.64. The van der Waals surface area contributed by atoms with E-state index in [2.05, 4.69) is 25.9 Å². The van der Waals surface area contributed by atoms with Crippen molar-refractivity contribution in [1.29, 1.82) is 0 Å². The molecular weight excluding hydrogens is 284 g/mol. The number of benzene rings is 1. The molecule has 5 heteroatoms. The Balaban J connectivity index is 2.06. The Kier molecular flexibility index (Phi) is 3.58. The van der Waals surface area contributed by atoms with Crippen molar-refractivity contribution < 1.29 is 9.90 Å². The van der Waals surface area contributed by atoms with E-state index in [1.807, 2.05) is 24.3 Å². The highest BCUT2D eigenvalue weighted by Crippen LogP contribution is 2.13. The first-order valence-corrected chi connectivity index (χ1v) is 5.92. The number of carboxylic acids is 1. The SMILES string of the molecule is O=C(O)Cc1cnc(Cc2ccc(Br)cc2)[nH]1. The van der Waals surface area contributed by atoms with Crippen LogP contribution in [0.25, 0.3) is 0 Å². The number of aliphatic carboxylic acids is 1. The van der Waals surface area contributed by atoms with Crippen molar-refractivity contribution >= 4 is 21.9 Å². The number of hydrogen-bond acceptors (Lipinski definition) is 2. The van der Waals surface area contributed by atoms with Crippen LogP contribution in [-0.4, -0.2) is 21.0 Å². The van der Waals surface area contributed by atoms with Crippen LogP contribution in [0, 0.1) is 0 Å². The number of halogens is 1. The zero-order chi connectivity index (χ0) is 12.3. The lowest BCUT2D eigenvalue weighted by molar-refractivity contribution is -0.136. The normalized spacial score (nSPS) is 10.4. The van der Waals surface area contributed by atoms with Gasteiger partial charge in [0.2, 0.25) is 0 Å². The fraction of sp³-hybridized carbons (Fsp3) is 0.167. The van der Waals surface area contributed by atoms with Gasteiger partial charge in [-0.1, -0.05) is 28.1 Å². The van der Waals surface area contributed by atoms with Gasteiger partial charge in [-0.15, -0.1) is 0 Å². The second-order valence-corrected chi connectivity index (χ2v) is 4.64. The molecule has 0 bridgehead atoms. The molecule has 0 radical (unpaired) electrons. The van der Waals surface area contributed by atoms with E-state index in [1.165, 1.54) is 0 Å². The van der Waals surface area contributed by atoms with Crippen molar-refractivity contribution in [3.05, 3.63) is 52.0 Å². The fourth-order valence-corrected chi connectivity index (χ4v) is 1.81. The van der Waals surface area contributed by atoms with E-state index in [4.69, 9.17) is 5.11 Å². The van der Waals surface area contributed by atoms with Gasteiger partial charge in [0.05, 0.1) is 6.42 Å². The van der Waals surface area contributed by atoms with Crippen LogP contribution < -0.4 is 0 Å². The number of hydrogen-bond donors (Lipinski definition) is 2. The summed E-state index contributed by atoms with van der Waals surface area (Å²) in [4.78, 5) is 17.7. The molecule has 0 aliphatic carbocycles. The van der Waals surface area contributed by atoms with Crippen LogP contribution in [0.2, 0.25) is 0 Å². The molecule has 1 aromatic heterocycles. The molecule has 0 saturated heterocycles. The molecule has 2 rings (SSSR count). The summed E-state index contributed by atoms with van der Waals surface area (Å²) in [5.41, 5.74) is 1.76. The summed E-state index contributed by atoms with van der Waals surface area (Å²) >= 11 is 3.37. The summed E-state index contributed by atoms with van der Waals surface area (Å²) in [6, 6.07) is 7.94. The number of imidazole rings is 1. The van der Waals surface area contributed by atoms with E-state index in [1.54, 1.807) is 6.20 Å². The van der Waals surface area contributed by atoms with Crippen LogP contribution in [0.15, 0.2) is 34.9 Å². The Morgan fingerprint density at radius 3 is 2.71 bits per heavy atom. The average Bonchev–Trinajstić information content (AvgIpc) is 2.68. The largest absolute Gasteiger partial charge is 0.481 e. The molecule has 0 amide bonds. The monoisotopic (exact) mass is 294 g/mol. The summed E-state index contributed by atoms with van der Waals surface area (Å²) in [6.07, 6.45) is 2.22. The molecule has 2 N–H and O–H groups in total. The van der Waals surface area contributed by atoms with Gasteiger partial charge >= 0.3 is 5.97 Å². The predicted molar refractivity (Wildman–Crippen MR) is 66.9 cm³/mol. The van der Waals surface area contributed by atoms with E-state index >= 15 is 0 Å². The third-order valence-corrected chi connectivity index (χ3v) is 2.84. The Labute approximate surface area is 107 Å². The Hall–Kier alpha value is -1.62. The topological polar surface area (TPSA) is 66.0 Å². The standard InChI is InChI=1S/C12H11BrN2O2/c13-9-3-1-8(2-4-9)5-11-14-7-10(15-11)6-12(16)17/h1-4,7H,5-6H2,(H,14,15)(H,16,17). The third kappa shape index (κ3) is 3.42. The molecule has 17 heavy (non-hydrogen) atoms. The maximum absolute atomic E-state index is 10.5. The first-order chi connectivity index (χ1) is 8.13. The van der Waals surface area contributed by atoms with Crippen molar-refractivity contribution in [2.24, 2.45) is 0 Å². The summed E-state index contributed by atoms with van der Waals surface area (Å²) in [6.45, 7) is 0. The lowest BCUT2D eigenvalue weighted by atomic mass is 10.1. The second-order valence-electron chi connectivity index (χ2n) is 3.73. The van der Waals surface area contributed by atoms with Gasteiger partial charge in [-0.2, -0.15) is 0 Å². The average molecular weight is 295 g/mol. The maximum atomic E-state index is 10.5. The van der Waals surface area contributed by atoms with Gasteiger partial charge in [0.15, 0.2) is 0 Å². The van der Waals surface area contributed by atoms with Crippen LogP contribution in [-0.2, 0) is 17.6 Å².